The van der Waals surface area contributed by atoms with Gasteiger partial charge in [-0.15, -0.1) is 0 Å². The van der Waals surface area contributed by atoms with Crippen molar-refractivity contribution in [3.8, 4) is 17.4 Å². The van der Waals surface area contributed by atoms with Gasteiger partial charge in [0.25, 0.3) is 0 Å². The third kappa shape index (κ3) is 4.10. The Kier molecular flexibility index (Phi) is 5.34. The van der Waals surface area contributed by atoms with Crippen LogP contribution in [0.15, 0.2) is 60.8 Å². The average Bonchev–Trinajstić information content (AvgIpc) is 2.74. The summed E-state index contributed by atoms with van der Waals surface area (Å²) >= 11 is 0. The Hall–Kier alpha value is -3.87. The number of nitrogens with zero attached hydrogens (tertiary/aromatic N) is 1. The van der Waals surface area contributed by atoms with Gasteiger partial charge in [-0.1, -0.05) is 24.3 Å². The molecule has 3 aromatic rings. The zero-order chi connectivity index (χ0) is 21.1. The van der Waals surface area contributed by atoms with Gasteiger partial charge in [-0.2, -0.15) is 0 Å². The van der Waals surface area contributed by atoms with Crippen molar-refractivity contribution in [1.82, 2.24) is 4.98 Å². The van der Waals surface area contributed by atoms with Gasteiger partial charge >= 0.3 is 0 Å². The summed E-state index contributed by atoms with van der Waals surface area (Å²) in [5, 5.41) is 5.66. The number of amides is 2. The van der Waals surface area contributed by atoms with Gasteiger partial charge in [0, 0.05) is 43.3 Å². The van der Waals surface area contributed by atoms with E-state index in [1.165, 1.54) is 14.0 Å². The number of hydrogen-bond donors (Lipinski definition) is 2. The van der Waals surface area contributed by atoms with Crippen LogP contribution in [0.4, 0.5) is 11.4 Å². The molecule has 4 rings (SSSR count). The van der Waals surface area contributed by atoms with Gasteiger partial charge in [-0.25, -0.2) is 4.98 Å². The lowest BCUT2D eigenvalue weighted by molar-refractivity contribution is -0.117. The molecule has 1 aliphatic heterocycles. The smallest absolute Gasteiger partial charge is 0.225 e. The summed E-state index contributed by atoms with van der Waals surface area (Å²) in [6, 6.07) is 16.7. The van der Waals surface area contributed by atoms with Crippen molar-refractivity contribution < 1.29 is 19.1 Å². The lowest BCUT2D eigenvalue weighted by Gasteiger charge is -2.27. The maximum atomic E-state index is 12.3. The summed E-state index contributed by atoms with van der Waals surface area (Å²) in [5.41, 5.74) is 2.98. The molecular weight excluding hydrogens is 382 g/mol. The number of carbonyl (C=O) groups is 2. The number of benzene rings is 2. The summed E-state index contributed by atoms with van der Waals surface area (Å²) in [4.78, 5) is 28.3. The minimum atomic E-state index is -0.203. The van der Waals surface area contributed by atoms with Crippen LogP contribution in [-0.4, -0.2) is 23.9 Å². The van der Waals surface area contributed by atoms with E-state index < -0.39 is 0 Å². The lowest BCUT2D eigenvalue weighted by atomic mass is 9.85. The number of para-hydroxylation sites is 1. The predicted octanol–water partition coefficient (Wildman–Crippen LogP) is 4.32. The van der Waals surface area contributed by atoms with Crippen LogP contribution in [-0.2, 0) is 9.59 Å². The van der Waals surface area contributed by atoms with E-state index in [1.54, 1.807) is 18.3 Å². The van der Waals surface area contributed by atoms with Crippen LogP contribution in [0, 0.1) is 0 Å². The van der Waals surface area contributed by atoms with Gasteiger partial charge in [0.05, 0.1) is 12.8 Å². The van der Waals surface area contributed by atoms with E-state index >= 15 is 0 Å². The molecule has 30 heavy (non-hydrogen) atoms. The van der Waals surface area contributed by atoms with Crippen LogP contribution in [0.2, 0.25) is 0 Å². The first-order chi connectivity index (χ1) is 14.5. The van der Waals surface area contributed by atoms with E-state index in [2.05, 4.69) is 15.6 Å². The van der Waals surface area contributed by atoms with Crippen molar-refractivity contribution in [3.05, 3.63) is 71.9 Å². The van der Waals surface area contributed by atoms with Crippen LogP contribution in [0.5, 0.6) is 17.4 Å². The number of fused-ring (bicyclic) bond motifs is 1. The van der Waals surface area contributed by atoms with Gasteiger partial charge in [-0.05, 0) is 29.3 Å². The lowest BCUT2D eigenvalue weighted by Crippen LogP contribution is -2.24. The zero-order valence-electron chi connectivity index (χ0n) is 16.6. The Morgan fingerprint density at radius 1 is 1.17 bits per heavy atom. The first-order valence-electron chi connectivity index (χ1n) is 9.51. The Morgan fingerprint density at radius 2 is 1.97 bits per heavy atom. The monoisotopic (exact) mass is 403 g/mol. The van der Waals surface area contributed by atoms with Crippen LogP contribution in [0.25, 0.3) is 0 Å². The molecule has 0 fully saturated rings. The van der Waals surface area contributed by atoms with Gasteiger partial charge in [0.15, 0.2) is 0 Å². The molecule has 7 nitrogen and oxygen atoms in total. The average molecular weight is 403 g/mol. The number of aromatic nitrogens is 1. The van der Waals surface area contributed by atoms with E-state index in [0.29, 0.717) is 28.8 Å². The van der Waals surface area contributed by atoms with E-state index in [-0.39, 0.29) is 24.2 Å². The second kappa shape index (κ2) is 8.24. The summed E-state index contributed by atoms with van der Waals surface area (Å²) in [6.07, 6.45) is 1.99. The molecular formula is C23H21N3O4. The second-order valence-electron chi connectivity index (χ2n) is 6.97. The Morgan fingerprint density at radius 3 is 2.63 bits per heavy atom. The van der Waals surface area contributed by atoms with Crippen molar-refractivity contribution >= 4 is 23.2 Å². The third-order valence-corrected chi connectivity index (χ3v) is 4.85. The number of methoxy groups -OCH3 is 1. The summed E-state index contributed by atoms with van der Waals surface area (Å²) in [6.45, 7) is 1.44. The van der Waals surface area contributed by atoms with Crippen molar-refractivity contribution in [2.24, 2.45) is 0 Å². The maximum absolute atomic E-state index is 12.3. The molecule has 152 valence electrons. The number of hydrogen-bond acceptors (Lipinski definition) is 5. The van der Waals surface area contributed by atoms with Crippen LogP contribution in [0.1, 0.15) is 30.4 Å². The first kappa shape index (κ1) is 19.4. The number of nitrogens with one attached hydrogen (secondary N) is 2. The fourth-order valence-electron chi connectivity index (χ4n) is 3.51. The van der Waals surface area contributed by atoms with Crippen molar-refractivity contribution in [2.75, 3.05) is 17.7 Å². The molecule has 0 spiro atoms. The molecule has 2 N–H and O–H groups in total. The van der Waals surface area contributed by atoms with Crippen molar-refractivity contribution in [2.45, 2.75) is 19.3 Å². The Labute approximate surface area is 174 Å². The third-order valence-electron chi connectivity index (χ3n) is 4.85. The highest BCUT2D eigenvalue weighted by Crippen LogP contribution is 2.42. The number of ether oxygens (including phenoxy) is 2. The fourth-order valence-corrected chi connectivity index (χ4v) is 3.51. The molecule has 2 aromatic carbocycles. The molecule has 0 saturated carbocycles. The zero-order valence-corrected chi connectivity index (χ0v) is 16.6. The molecule has 0 saturated heterocycles. The Bertz CT molecular complexity index is 1080. The van der Waals surface area contributed by atoms with Crippen LogP contribution >= 0.6 is 0 Å². The largest absolute Gasteiger partial charge is 0.494 e. The SMILES string of the molecule is COc1cc2c(cc1NC(C)=O)[C@H](c1ccc(Oc3ccccc3)nc1)CC(=O)N2. The van der Waals surface area contributed by atoms with E-state index in [1.807, 2.05) is 42.5 Å². The van der Waals surface area contributed by atoms with Gasteiger partial charge in [0.2, 0.25) is 17.7 Å². The van der Waals surface area contributed by atoms with Gasteiger partial charge in [0.1, 0.15) is 11.5 Å². The minimum absolute atomic E-state index is 0.0913. The highest BCUT2D eigenvalue weighted by Gasteiger charge is 2.28. The van der Waals surface area contributed by atoms with E-state index in [0.717, 1.165) is 11.1 Å². The van der Waals surface area contributed by atoms with Gasteiger partial charge in [-0.3, -0.25) is 9.59 Å². The molecule has 7 heteroatoms. The standard InChI is InChI=1S/C23H21N3O4/c1-14(27)25-20-10-18-17(11-22(28)26-19(18)12-21(20)29-2)15-8-9-23(24-13-15)30-16-6-4-3-5-7-16/h3-10,12-13,17H,11H2,1-2H3,(H,25,27)(H,26,28)/t17-/m0/s1. The van der Waals surface area contributed by atoms with Gasteiger partial charge < -0.3 is 20.1 Å². The predicted molar refractivity (Wildman–Crippen MR) is 113 cm³/mol. The second-order valence-corrected chi connectivity index (χ2v) is 6.97. The minimum Gasteiger partial charge on any atom is -0.494 e. The molecule has 0 aliphatic carbocycles. The number of carbonyl (C=O) groups excluding carboxylic acids is 2. The molecule has 2 heterocycles. The molecule has 2 amide bonds. The highest BCUT2D eigenvalue weighted by molar-refractivity contribution is 5.98. The van der Waals surface area contributed by atoms with E-state index in [4.69, 9.17) is 9.47 Å². The van der Waals surface area contributed by atoms with Crippen LogP contribution < -0.4 is 20.1 Å². The quantitative estimate of drug-likeness (QED) is 0.662. The Balaban J connectivity index is 1.66. The van der Waals surface area contributed by atoms with Crippen LogP contribution in [0.3, 0.4) is 0 Å². The molecule has 0 bridgehead atoms. The fraction of sp³-hybridized carbons (Fsp3) is 0.174. The summed E-state index contributed by atoms with van der Waals surface area (Å²) in [7, 11) is 1.52. The summed E-state index contributed by atoms with van der Waals surface area (Å²) < 4.78 is 11.1. The molecule has 1 atom stereocenters. The topological polar surface area (TPSA) is 89.6 Å². The normalized spacial score (nSPS) is 15.0. The van der Waals surface area contributed by atoms with E-state index in [9.17, 15) is 9.59 Å². The highest BCUT2D eigenvalue weighted by atomic mass is 16.5. The molecule has 1 aliphatic rings. The number of pyridine rings is 1. The van der Waals surface area contributed by atoms with Crippen molar-refractivity contribution in [1.29, 1.82) is 0 Å². The molecule has 0 unspecified atom stereocenters. The summed E-state index contributed by atoms with van der Waals surface area (Å²) in [5.74, 6) is 1.16. The molecule has 0 radical (unpaired) electrons. The first-order valence-corrected chi connectivity index (χ1v) is 9.51. The van der Waals surface area contributed by atoms with Crippen molar-refractivity contribution in [3.63, 3.8) is 0 Å². The molecule has 1 aromatic heterocycles. The number of rotatable bonds is 5. The number of anilines is 2. The maximum Gasteiger partial charge on any atom is 0.225 e.